The number of unbranched alkanes of at least 4 members (excludes halogenated alkanes) is 1. The molecule has 0 aromatic carbocycles. The van der Waals surface area contributed by atoms with Crippen LogP contribution in [0, 0.1) is 0 Å². The number of hydrogen-bond donors (Lipinski definition) is 12. The predicted molar refractivity (Wildman–Crippen MR) is 141 cm³/mol. The highest BCUT2D eigenvalue weighted by Gasteiger charge is 2.53. The van der Waals surface area contributed by atoms with Crippen LogP contribution >= 0.6 is 0 Å². The topological polar surface area (TPSA) is 313 Å². The van der Waals surface area contributed by atoms with E-state index in [-0.39, 0.29) is 25.5 Å². The molecular weight excluding hydrogens is 600 g/mol. The molecule has 0 radical (unpaired) electrons. The van der Waals surface area contributed by atoms with Gasteiger partial charge in [-0.1, -0.05) is 0 Å². The number of amides is 1. The average Bonchev–Trinajstić information content (AvgIpc) is 3.01. The molecule has 1 amide bonds. The zero-order valence-corrected chi connectivity index (χ0v) is 23.9. The molecule has 15 atom stereocenters. The Kier molecular flexibility index (Phi) is 14.9. The minimum Gasteiger partial charge on any atom is -0.394 e. The Hall–Kier alpha value is -1.21. The monoisotopic (exact) mass is 646 g/mol. The van der Waals surface area contributed by atoms with E-state index in [2.05, 4.69) is 5.32 Å². The first-order valence-corrected chi connectivity index (χ1v) is 14.4. The Balaban J connectivity index is 1.67. The molecular formula is C25H46N2O17. The summed E-state index contributed by atoms with van der Waals surface area (Å²) >= 11 is 0. The van der Waals surface area contributed by atoms with Gasteiger partial charge in [-0.25, -0.2) is 0 Å². The first kappa shape index (κ1) is 37.2. The van der Waals surface area contributed by atoms with Crippen LogP contribution < -0.4 is 11.1 Å². The minimum absolute atomic E-state index is 0.0450. The lowest BCUT2D eigenvalue weighted by Crippen LogP contribution is -2.67. The summed E-state index contributed by atoms with van der Waals surface area (Å²) in [5.41, 5.74) is 5.41. The number of carbonyl (C=O) groups excluding carboxylic acids is 1. The highest BCUT2D eigenvalue weighted by atomic mass is 16.8. The number of nitrogens with two attached hydrogens (primary N) is 1. The van der Waals surface area contributed by atoms with Gasteiger partial charge in [-0.2, -0.15) is 0 Å². The molecule has 19 nitrogen and oxygen atoms in total. The van der Waals surface area contributed by atoms with Crippen LogP contribution in [0.1, 0.15) is 19.3 Å². The Labute approximate surface area is 252 Å². The van der Waals surface area contributed by atoms with Crippen LogP contribution in [-0.4, -0.2) is 189 Å². The van der Waals surface area contributed by atoms with Crippen molar-refractivity contribution >= 4 is 5.91 Å². The van der Waals surface area contributed by atoms with Gasteiger partial charge in [0.2, 0.25) is 5.91 Å². The standard InChI is InChI=1S/C25H46N2O17/c26-4-2-1-3-13(31)27-5-6-39-23-19(37)21(15(33)11(8-29)40-23)44-25-20(38)22(16(34)12(9-30)42-25)43-24-18(36)17(35)14(32)10(7-28)41-24/h10-12,14-25,28-30,32-38H,1-9,26H2,(H,27,31)/t10?,11?,12?,14-,15-,16-,17?,18?,19?,20?,21?,22?,23+,24-,25-/m1/s1. The molecule has 9 unspecified atom stereocenters. The fraction of sp³-hybridized carbons (Fsp3) is 0.960. The summed E-state index contributed by atoms with van der Waals surface area (Å²) in [6, 6.07) is 0. The number of hydrogen-bond acceptors (Lipinski definition) is 18. The van der Waals surface area contributed by atoms with Gasteiger partial charge < -0.3 is 90.5 Å². The van der Waals surface area contributed by atoms with Crippen molar-refractivity contribution in [1.82, 2.24) is 5.32 Å². The minimum atomic E-state index is -1.94. The lowest BCUT2D eigenvalue weighted by atomic mass is 9.96. The van der Waals surface area contributed by atoms with Crippen molar-refractivity contribution in [3.63, 3.8) is 0 Å². The molecule has 0 aromatic rings. The molecule has 0 bridgehead atoms. The first-order valence-electron chi connectivity index (χ1n) is 14.4. The summed E-state index contributed by atoms with van der Waals surface area (Å²) in [6.45, 7) is -1.97. The van der Waals surface area contributed by atoms with Crippen molar-refractivity contribution < 1.29 is 84.3 Å². The van der Waals surface area contributed by atoms with Crippen LogP contribution in [-0.2, 0) is 33.2 Å². The second-order valence-corrected chi connectivity index (χ2v) is 10.8. The molecule has 3 heterocycles. The van der Waals surface area contributed by atoms with Gasteiger partial charge in [0.25, 0.3) is 0 Å². The maximum absolute atomic E-state index is 11.9. The normalized spacial score (nSPS) is 43.1. The summed E-state index contributed by atoms with van der Waals surface area (Å²) in [7, 11) is 0. The molecule has 0 aliphatic carbocycles. The maximum Gasteiger partial charge on any atom is 0.220 e. The zero-order chi connectivity index (χ0) is 32.6. The van der Waals surface area contributed by atoms with E-state index in [0.717, 1.165) is 0 Å². The van der Waals surface area contributed by atoms with Gasteiger partial charge >= 0.3 is 0 Å². The van der Waals surface area contributed by atoms with E-state index in [1.54, 1.807) is 0 Å². The fourth-order valence-corrected chi connectivity index (χ4v) is 5.05. The highest BCUT2D eigenvalue weighted by Crippen LogP contribution is 2.32. The summed E-state index contributed by atoms with van der Waals surface area (Å²) in [5, 5.41) is 105. The van der Waals surface area contributed by atoms with Gasteiger partial charge in [0.1, 0.15) is 73.2 Å². The molecule has 0 saturated carbocycles. The lowest BCUT2D eigenvalue weighted by molar-refractivity contribution is -0.380. The molecule has 44 heavy (non-hydrogen) atoms. The summed E-state index contributed by atoms with van der Waals surface area (Å²) in [6.07, 6.45) is -23.6. The number of nitrogens with one attached hydrogen (secondary N) is 1. The quantitative estimate of drug-likeness (QED) is 0.0735. The second-order valence-electron chi connectivity index (χ2n) is 10.8. The van der Waals surface area contributed by atoms with E-state index in [1.807, 2.05) is 0 Å². The number of carbonyl (C=O) groups is 1. The van der Waals surface area contributed by atoms with E-state index in [0.29, 0.717) is 19.4 Å². The predicted octanol–water partition coefficient (Wildman–Crippen LogP) is -7.30. The molecule has 258 valence electrons. The van der Waals surface area contributed by atoms with Crippen LogP contribution in [0.3, 0.4) is 0 Å². The van der Waals surface area contributed by atoms with E-state index in [9.17, 15) is 55.9 Å². The van der Waals surface area contributed by atoms with E-state index < -0.39 is 112 Å². The molecule has 0 aromatic heterocycles. The lowest BCUT2D eigenvalue weighted by Gasteiger charge is -2.48. The van der Waals surface area contributed by atoms with E-state index >= 15 is 0 Å². The number of ether oxygens (including phenoxy) is 6. The van der Waals surface area contributed by atoms with Crippen LogP contribution in [0.25, 0.3) is 0 Å². The van der Waals surface area contributed by atoms with Gasteiger partial charge in [-0.05, 0) is 19.4 Å². The third-order valence-electron chi connectivity index (χ3n) is 7.64. The molecule has 3 fully saturated rings. The summed E-state index contributed by atoms with van der Waals surface area (Å²) < 4.78 is 32.9. The van der Waals surface area contributed by atoms with Gasteiger partial charge in [-0.15, -0.1) is 0 Å². The van der Waals surface area contributed by atoms with Crippen LogP contribution in [0.5, 0.6) is 0 Å². The first-order chi connectivity index (χ1) is 21.0. The average molecular weight is 647 g/mol. The SMILES string of the molecule is NCCCCC(=O)NCCO[C@H]1OC(CO)[C@@H](O)C(O[C@H]2OC(CO)[C@@H](O)C(O[C@H]3OC(CO)[C@@H](O)C(O)C3O)C2O)C1O. The van der Waals surface area contributed by atoms with Gasteiger partial charge in [-0.3, -0.25) is 4.79 Å². The van der Waals surface area contributed by atoms with Crippen LogP contribution in [0.2, 0.25) is 0 Å². The van der Waals surface area contributed by atoms with Crippen molar-refractivity contribution in [2.75, 3.05) is 39.5 Å². The van der Waals surface area contributed by atoms with Gasteiger partial charge in [0, 0.05) is 13.0 Å². The largest absolute Gasteiger partial charge is 0.394 e. The number of rotatable bonds is 15. The smallest absolute Gasteiger partial charge is 0.220 e. The Morgan fingerprint density at radius 2 is 1.11 bits per heavy atom. The van der Waals surface area contributed by atoms with Gasteiger partial charge in [0.15, 0.2) is 18.9 Å². The Morgan fingerprint density at radius 1 is 0.636 bits per heavy atom. The van der Waals surface area contributed by atoms with E-state index in [4.69, 9.17) is 34.2 Å². The molecule has 3 aliphatic rings. The number of aliphatic hydroxyl groups excluding tert-OH is 10. The summed E-state index contributed by atoms with van der Waals surface area (Å²) in [5.74, 6) is -0.235. The number of aliphatic hydroxyl groups is 10. The third-order valence-corrected chi connectivity index (χ3v) is 7.64. The van der Waals surface area contributed by atoms with Crippen molar-refractivity contribution in [3.05, 3.63) is 0 Å². The summed E-state index contributed by atoms with van der Waals surface area (Å²) in [4.78, 5) is 11.9. The van der Waals surface area contributed by atoms with Crippen molar-refractivity contribution in [2.45, 2.75) is 111 Å². The van der Waals surface area contributed by atoms with E-state index in [1.165, 1.54) is 0 Å². The molecule has 3 saturated heterocycles. The molecule has 13 N–H and O–H groups in total. The molecule has 19 heteroatoms. The Bertz CT molecular complexity index is 859. The third kappa shape index (κ3) is 8.98. The molecule has 3 rings (SSSR count). The van der Waals surface area contributed by atoms with Crippen molar-refractivity contribution in [3.8, 4) is 0 Å². The maximum atomic E-state index is 11.9. The fourth-order valence-electron chi connectivity index (χ4n) is 5.05. The van der Waals surface area contributed by atoms with Gasteiger partial charge in [0.05, 0.1) is 26.4 Å². The highest BCUT2D eigenvalue weighted by molar-refractivity contribution is 5.75. The van der Waals surface area contributed by atoms with Crippen molar-refractivity contribution in [2.24, 2.45) is 5.73 Å². The van der Waals surface area contributed by atoms with Crippen LogP contribution in [0.15, 0.2) is 0 Å². The second kappa shape index (κ2) is 17.6. The van der Waals surface area contributed by atoms with Crippen LogP contribution in [0.4, 0.5) is 0 Å². The zero-order valence-electron chi connectivity index (χ0n) is 23.9. The van der Waals surface area contributed by atoms with Crippen molar-refractivity contribution in [1.29, 1.82) is 0 Å². The molecule has 0 spiro atoms. The molecule has 3 aliphatic heterocycles. The Morgan fingerprint density at radius 3 is 1.64 bits per heavy atom.